The molecule has 1 fully saturated rings. The van der Waals surface area contributed by atoms with Crippen LogP contribution in [0, 0.1) is 5.82 Å². The topological polar surface area (TPSA) is 50.9 Å². The number of rotatable bonds is 4. The Morgan fingerprint density at radius 2 is 2.05 bits per heavy atom. The first-order valence-electron chi connectivity index (χ1n) is 7.02. The monoisotopic (exact) mass is 407 g/mol. The highest BCUT2D eigenvalue weighted by Gasteiger charge is 2.11. The third kappa shape index (κ3) is 5.43. The maximum Gasteiger partial charge on any atom is 0.191 e. The number of methoxy groups -OCH3 is 1. The molecule has 4 nitrogen and oxygen atoms in total. The summed E-state index contributed by atoms with van der Waals surface area (Å²) in [4.78, 5) is 6.52. The highest BCUT2D eigenvalue weighted by atomic mass is 127. The van der Waals surface area contributed by atoms with E-state index in [0.29, 0.717) is 18.1 Å². The molecule has 0 unspecified atom stereocenters. The number of ether oxygens (including phenoxy) is 1. The number of piperidine rings is 1. The Balaban J connectivity index is 0.00000220. The average Bonchev–Trinajstić information content (AvgIpc) is 2.49. The van der Waals surface area contributed by atoms with Gasteiger partial charge in [0, 0.05) is 25.8 Å². The maximum atomic E-state index is 13.5. The molecule has 6 heteroatoms. The van der Waals surface area contributed by atoms with E-state index in [9.17, 15) is 4.39 Å². The number of guanidine groups is 1. The van der Waals surface area contributed by atoms with E-state index in [1.807, 2.05) is 0 Å². The fourth-order valence-corrected chi connectivity index (χ4v) is 2.39. The number of aliphatic imine (C=N–C) groups is 1. The summed E-state index contributed by atoms with van der Waals surface area (Å²) in [5, 5.41) is 0. The van der Waals surface area contributed by atoms with Crippen LogP contribution >= 0.6 is 24.0 Å². The van der Waals surface area contributed by atoms with Crippen molar-refractivity contribution in [1.29, 1.82) is 0 Å². The summed E-state index contributed by atoms with van der Waals surface area (Å²) in [6.45, 7) is 2.70. The van der Waals surface area contributed by atoms with Crippen LogP contribution in [-0.4, -0.2) is 31.1 Å². The summed E-state index contributed by atoms with van der Waals surface area (Å²) in [6.07, 6.45) is 3.61. The van der Waals surface area contributed by atoms with Crippen LogP contribution in [0.5, 0.6) is 0 Å². The van der Waals surface area contributed by atoms with E-state index < -0.39 is 0 Å². The lowest BCUT2D eigenvalue weighted by Crippen LogP contribution is -2.40. The third-order valence-corrected chi connectivity index (χ3v) is 3.51. The van der Waals surface area contributed by atoms with Crippen molar-refractivity contribution in [3.05, 3.63) is 35.1 Å². The minimum Gasteiger partial charge on any atom is -0.380 e. The molecule has 1 saturated heterocycles. The Labute approximate surface area is 142 Å². The Morgan fingerprint density at radius 1 is 1.33 bits per heavy atom. The van der Waals surface area contributed by atoms with Crippen LogP contribution < -0.4 is 5.73 Å². The molecule has 1 aliphatic rings. The molecule has 21 heavy (non-hydrogen) atoms. The third-order valence-electron chi connectivity index (χ3n) is 3.51. The van der Waals surface area contributed by atoms with Crippen LogP contribution in [0.3, 0.4) is 0 Å². The number of benzene rings is 1. The van der Waals surface area contributed by atoms with Crippen molar-refractivity contribution in [3.63, 3.8) is 0 Å². The lowest BCUT2D eigenvalue weighted by Gasteiger charge is -2.27. The second kappa shape index (κ2) is 9.19. The summed E-state index contributed by atoms with van der Waals surface area (Å²) in [7, 11) is 1.55. The van der Waals surface area contributed by atoms with Gasteiger partial charge in [-0.15, -0.1) is 24.0 Å². The quantitative estimate of drug-likeness (QED) is 0.475. The number of likely N-dealkylation sites (tertiary alicyclic amines) is 1. The zero-order chi connectivity index (χ0) is 14.4. The van der Waals surface area contributed by atoms with Crippen LogP contribution in [-0.2, 0) is 17.9 Å². The molecule has 1 aliphatic heterocycles. The molecule has 118 valence electrons. The van der Waals surface area contributed by atoms with Gasteiger partial charge in [-0.3, -0.25) is 0 Å². The van der Waals surface area contributed by atoms with Crippen molar-refractivity contribution in [1.82, 2.24) is 4.90 Å². The van der Waals surface area contributed by atoms with Crippen molar-refractivity contribution in [3.8, 4) is 0 Å². The lowest BCUT2D eigenvalue weighted by molar-refractivity contribution is 0.181. The van der Waals surface area contributed by atoms with Crippen LogP contribution in [0.1, 0.15) is 30.4 Å². The number of hydrogen-bond acceptors (Lipinski definition) is 2. The van der Waals surface area contributed by atoms with Crippen molar-refractivity contribution in [2.45, 2.75) is 32.4 Å². The van der Waals surface area contributed by atoms with E-state index in [4.69, 9.17) is 10.5 Å². The Kier molecular flexibility index (Phi) is 7.95. The van der Waals surface area contributed by atoms with E-state index in [-0.39, 0.29) is 36.4 Å². The van der Waals surface area contributed by atoms with Crippen LogP contribution in [0.15, 0.2) is 23.2 Å². The molecule has 0 amide bonds. The van der Waals surface area contributed by atoms with Crippen LogP contribution in [0.4, 0.5) is 4.39 Å². The molecule has 2 rings (SSSR count). The fourth-order valence-electron chi connectivity index (χ4n) is 2.39. The lowest BCUT2D eigenvalue weighted by atomic mass is 10.1. The van der Waals surface area contributed by atoms with Gasteiger partial charge in [-0.25, -0.2) is 9.38 Å². The van der Waals surface area contributed by atoms with E-state index in [0.717, 1.165) is 18.7 Å². The van der Waals surface area contributed by atoms with Crippen molar-refractivity contribution >= 4 is 29.9 Å². The van der Waals surface area contributed by atoms with Crippen molar-refractivity contribution in [2.75, 3.05) is 20.2 Å². The Morgan fingerprint density at radius 3 is 2.71 bits per heavy atom. The Hall–Kier alpha value is -0.890. The average molecular weight is 407 g/mol. The smallest absolute Gasteiger partial charge is 0.191 e. The molecular weight excluding hydrogens is 384 g/mol. The molecule has 0 bridgehead atoms. The zero-order valence-corrected chi connectivity index (χ0v) is 14.7. The Bertz CT molecular complexity index is 476. The van der Waals surface area contributed by atoms with Gasteiger partial charge in [0.15, 0.2) is 5.96 Å². The SMILES string of the molecule is COCc1cc(CN=C(N)N2CCCCC2)ccc1F.I. The van der Waals surface area contributed by atoms with Crippen LogP contribution in [0.25, 0.3) is 0 Å². The molecule has 0 aromatic heterocycles. The van der Waals surface area contributed by atoms with Gasteiger partial charge in [-0.1, -0.05) is 6.07 Å². The zero-order valence-electron chi connectivity index (χ0n) is 12.3. The van der Waals surface area contributed by atoms with E-state index in [1.54, 1.807) is 19.2 Å². The minimum atomic E-state index is -0.247. The van der Waals surface area contributed by atoms with Gasteiger partial charge in [0.2, 0.25) is 0 Å². The van der Waals surface area contributed by atoms with Gasteiger partial charge in [-0.05, 0) is 37.0 Å². The summed E-state index contributed by atoms with van der Waals surface area (Å²) in [6, 6.07) is 4.98. The largest absolute Gasteiger partial charge is 0.380 e. The normalized spacial score (nSPS) is 15.7. The highest BCUT2D eigenvalue weighted by molar-refractivity contribution is 14.0. The first-order chi connectivity index (χ1) is 9.70. The maximum absolute atomic E-state index is 13.5. The number of nitrogens with two attached hydrogens (primary N) is 1. The molecule has 0 spiro atoms. The summed E-state index contributed by atoms with van der Waals surface area (Å²) < 4.78 is 18.5. The second-order valence-corrected chi connectivity index (χ2v) is 5.08. The number of hydrogen-bond donors (Lipinski definition) is 1. The molecule has 0 radical (unpaired) electrons. The fraction of sp³-hybridized carbons (Fsp3) is 0.533. The number of nitrogens with zero attached hydrogens (tertiary/aromatic N) is 2. The van der Waals surface area contributed by atoms with Gasteiger partial charge in [0.05, 0.1) is 13.2 Å². The van der Waals surface area contributed by atoms with Crippen LogP contribution in [0.2, 0.25) is 0 Å². The van der Waals surface area contributed by atoms with Crippen molar-refractivity contribution in [2.24, 2.45) is 10.7 Å². The summed E-state index contributed by atoms with van der Waals surface area (Å²) in [5.41, 5.74) is 7.50. The molecule has 1 aromatic rings. The van der Waals surface area contributed by atoms with E-state index >= 15 is 0 Å². The second-order valence-electron chi connectivity index (χ2n) is 5.08. The molecule has 2 N–H and O–H groups in total. The molecular formula is C15H23FIN3O. The molecule has 0 aliphatic carbocycles. The van der Waals surface area contributed by atoms with Gasteiger partial charge in [-0.2, -0.15) is 0 Å². The molecule has 1 heterocycles. The van der Waals surface area contributed by atoms with E-state index in [1.165, 1.54) is 25.3 Å². The molecule has 0 saturated carbocycles. The van der Waals surface area contributed by atoms with Gasteiger partial charge in [0.1, 0.15) is 5.82 Å². The van der Waals surface area contributed by atoms with E-state index in [2.05, 4.69) is 9.89 Å². The number of halogens is 2. The molecule has 1 aromatic carbocycles. The first-order valence-corrected chi connectivity index (χ1v) is 7.02. The minimum absolute atomic E-state index is 0. The van der Waals surface area contributed by atoms with Gasteiger partial charge in [0.25, 0.3) is 0 Å². The summed E-state index contributed by atoms with van der Waals surface area (Å²) >= 11 is 0. The standard InChI is InChI=1S/C15H22FN3O.HI/c1-20-11-13-9-12(5-6-14(13)16)10-18-15(17)19-7-3-2-4-8-19;/h5-6,9H,2-4,7-8,10-11H2,1H3,(H2,17,18);1H. The van der Waals surface area contributed by atoms with Gasteiger partial charge >= 0.3 is 0 Å². The first kappa shape index (κ1) is 18.2. The van der Waals surface area contributed by atoms with Crippen molar-refractivity contribution < 1.29 is 9.13 Å². The predicted molar refractivity (Wildman–Crippen MR) is 93.3 cm³/mol. The molecule has 0 atom stereocenters. The summed E-state index contributed by atoms with van der Waals surface area (Å²) in [5.74, 6) is 0.339. The predicted octanol–water partition coefficient (Wildman–Crippen LogP) is 2.89. The highest BCUT2D eigenvalue weighted by Crippen LogP contribution is 2.13. The van der Waals surface area contributed by atoms with Gasteiger partial charge < -0.3 is 15.4 Å².